The second-order valence-electron chi connectivity index (χ2n) is 8.77. The average Bonchev–Trinajstić information content (AvgIpc) is 3.37. The molecule has 0 aliphatic rings. The molecule has 39 heavy (non-hydrogen) atoms. The van der Waals surface area contributed by atoms with E-state index in [-0.39, 0.29) is 11.4 Å². The van der Waals surface area contributed by atoms with Crippen LogP contribution in [0.3, 0.4) is 0 Å². The van der Waals surface area contributed by atoms with Gasteiger partial charge in [-0.2, -0.15) is 9.78 Å². The number of rotatable bonds is 9. The molecule has 1 N–H and O–H groups in total. The molecule has 0 fully saturated rings. The van der Waals surface area contributed by atoms with Gasteiger partial charge in [0.25, 0.3) is 5.56 Å². The number of hydrogen-bond donors (Lipinski definition) is 1. The first-order valence-corrected chi connectivity index (χ1v) is 12.2. The molecule has 0 saturated carbocycles. The van der Waals surface area contributed by atoms with Gasteiger partial charge in [0.2, 0.25) is 5.82 Å². The minimum Gasteiger partial charge on any atom is -0.493 e. The lowest BCUT2D eigenvalue weighted by molar-refractivity contribution is -0.144. The van der Waals surface area contributed by atoms with Crippen LogP contribution in [-0.2, 0) is 11.2 Å². The number of aromatic nitrogens is 2. The smallest absolute Gasteiger partial charge is 0.344 e. The summed E-state index contributed by atoms with van der Waals surface area (Å²) in [7, 11) is 1.46. The summed E-state index contributed by atoms with van der Waals surface area (Å²) in [6, 6.07) is 19.8. The van der Waals surface area contributed by atoms with Gasteiger partial charge >= 0.3 is 5.97 Å². The fraction of sp³-hybridized carbons (Fsp3) is 0.133. The number of allylic oxidation sites excluding steroid dienone is 1. The van der Waals surface area contributed by atoms with Gasteiger partial charge in [-0.1, -0.05) is 36.4 Å². The zero-order valence-corrected chi connectivity index (χ0v) is 21.3. The van der Waals surface area contributed by atoms with E-state index >= 15 is 0 Å². The Morgan fingerprint density at radius 3 is 2.69 bits per heavy atom. The summed E-state index contributed by atoms with van der Waals surface area (Å²) in [5.74, 6) is 0.170. The van der Waals surface area contributed by atoms with Crippen molar-refractivity contribution >= 4 is 34.1 Å². The molecule has 0 bridgehead atoms. The van der Waals surface area contributed by atoms with Crippen LogP contribution in [0.4, 0.5) is 0 Å². The van der Waals surface area contributed by atoms with Crippen molar-refractivity contribution in [2.24, 2.45) is 5.10 Å². The molecule has 0 spiro atoms. The molecule has 1 atom stereocenters. The highest BCUT2D eigenvalue weighted by molar-refractivity contribution is 5.85. The lowest BCUT2D eigenvalue weighted by atomic mass is 10.1. The van der Waals surface area contributed by atoms with Crippen LogP contribution in [0.5, 0.6) is 11.5 Å². The van der Waals surface area contributed by atoms with Crippen LogP contribution >= 0.6 is 0 Å². The van der Waals surface area contributed by atoms with Crippen molar-refractivity contribution in [3.05, 3.63) is 101 Å². The van der Waals surface area contributed by atoms with E-state index in [1.54, 1.807) is 36.4 Å². The number of furan rings is 1. The monoisotopic (exact) mass is 523 g/mol. The van der Waals surface area contributed by atoms with Gasteiger partial charge in [0, 0.05) is 10.9 Å². The molecular weight excluding hydrogens is 498 g/mol. The first kappa shape index (κ1) is 25.5. The molecule has 5 rings (SSSR count). The van der Waals surface area contributed by atoms with E-state index in [1.807, 2.05) is 36.4 Å². The van der Waals surface area contributed by atoms with E-state index in [4.69, 9.17) is 18.9 Å². The van der Waals surface area contributed by atoms with E-state index in [0.29, 0.717) is 51.3 Å². The Bertz CT molecular complexity index is 1770. The normalized spacial score (nSPS) is 12.2. The van der Waals surface area contributed by atoms with Crippen LogP contribution in [0.2, 0.25) is 0 Å². The van der Waals surface area contributed by atoms with Gasteiger partial charge in [0.05, 0.1) is 24.2 Å². The fourth-order valence-corrected chi connectivity index (χ4v) is 4.18. The van der Waals surface area contributed by atoms with Crippen molar-refractivity contribution in [1.29, 1.82) is 0 Å². The second-order valence-corrected chi connectivity index (χ2v) is 8.77. The Morgan fingerprint density at radius 1 is 1.18 bits per heavy atom. The van der Waals surface area contributed by atoms with Crippen molar-refractivity contribution < 1.29 is 23.8 Å². The third-order valence-electron chi connectivity index (χ3n) is 6.10. The highest BCUT2D eigenvalue weighted by atomic mass is 16.5. The Morgan fingerprint density at radius 2 is 1.95 bits per heavy atom. The summed E-state index contributed by atoms with van der Waals surface area (Å²) in [5, 5.41) is 15.1. The van der Waals surface area contributed by atoms with Crippen LogP contribution in [-0.4, -0.2) is 40.2 Å². The molecular formula is C30H25N3O6. The zero-order valence-electron chi connectivity index (χ0n) is 21.3. The molecule has 5 aromatic rings. The standard InChI is InChI=1S/C30H25N3O6/c1-4-9-21-14-19(15-25(37-3)27(21)38-18(2)30(35)36)17-31-33-28(26-16-20-10-5-8-13-24(20)39-26)32-23-12-7-6-11-22(23)29(33)34/h4-8,10-18H,1,9H2,2-3H3,(H,35,36)/t18-/m0/s1. The number of carboxylic acids is 1. The maximum absolute atomic E-state index is 13.5. The number of hydrogen-bond acceptors (Lipinski definition) is 7. The van der Waals surface area contributed by atoms with E-state index < -0.39 is 12.1 Å². The Balaban J connectivity index is 1.65. The van der Waals surface area contributed by atoms with Crippen LogP contribution in [0.1, 0.15) is 18.1 Å². The fourth-order valence-electron chi connectivity index (χ4n) is 4.18. The number of fused-ring (bicyclic) bond motifs is 2. The van der Waals surface area contributed by atoms with Crippen molar-refractivity contribution in [3.8, 4) is 23.1 Å². The summed E-state index contributed by atoms with van der Waals surface area (Å²) in [6.07, 6.45) is 2.48. The largest absolute Gasteiger partial charge is 0.493 e. The SMILES string of the molecule is C=CCc1cc(C=Nn2c(-c3cc4ccccc4o3)nc3ccccc3c2=O)cc(OC)c1O[C@@H](C)C(=O)O. The minimum atomic E-state index is -1.10. The van der Waals surface area contributed by atoms with E-state index in [2.05, 4.69) is 11.7 Å². The predicted molar refractivity (Wildman–Crippen MR) is 149 cm³/mol. The van der Waals surface area contributed by atoms with E-state index in [0.717, 1.165) is 5.39 Å². The van der Waals surface area contributed by atoms with Crippen LogP contribution < -0.4 is 15.0 Å². The molecule has 9 nitrogen and oxygen atoms in total. The van der Waals surface area contributed by atoms with Gasteiger partial charge in [-0.3, -0.25) is 4.79 Å². The van der Waals surface area contributed by atoms with Crippen molar-refractivity contribution in [2.45, 2.75) is 19.4 Å². The zero-order chi connectivity index (χ0) is 27.5. The second kappa shape index (κ2) is 10.7. The highest BCUT2D eigenvalue weighted by Gasteiger charge is 2.20. The highest BCUT2D eigenvalue weighted by Crippen LogP contribution is 2.34. The molecule has 196 valence electrons. The Kier molecular flexibility index (Phi) is 6.96. The van der Waals surface area contributed by atoms with Crippen molar-refractivity contribution in [1.82, 2.24) is 9.66 Å². The maximum Gasteiger partial charge on any atom is 0.344 e. The molecule has 0 saturated heterocycles. The number of nitrogens with zero attached hydrogens (tertiary/aromatic N) is 3. The molecule has 0 aliphatic heterocycles. The van der Waals surface area contributed by atoms with Gasteiger partial charge in [-0.15, -0.1) is 6.58 Å². The summed E-state index contributed by atoms with van der Waals surface area (Å²) in [4.78, 5) is 29.6. The van der Waals surface area contributed by atoms with Gasteiger partial charge in [0.15, 0.2) is 23.4 Å². The predicted octanol–water partition coefficient (Wildman–Crippen LogP) is 5.28. The molecule has 2 aromatic heterocycles. The first-order chi connectivity index (χ1) is 18.9. The summed E-state index contributed by atoms with van der Waals surface area (Å²) in [5.41, 5.74) is 2.07. The molecule has 9 heteroatoms. The van der Waals surface area contributed by atoms with Gasteiger partial charge in [0.1, 0.15) is 5.58 Å². The first-order valence-electron chi connectivity index (χ1n) is 12.2. The van der Waals surface area contributed by atoms with Gasteiger partial charge in [-0.25, -0.2) is 9.78 Å². The quantitative estimate of drug-likeness (QED) is 0.206. The number of carbonyl (C=O) groups is 1. The topological polar surface area (TPSA) is 116 Å². The van der Waals surface area contributed by atoms with Crippen molar-refractivity contribution in [3.63, 3.8) is 0 Å². The van der Waals surface area contributed by atoms with Crippen molar-refractivity contribution in [2.75, 3.05) is 7.11 Å². The molecule has 0 radical (unpaired) electrons. The minimum absolute atomic E-state index is 0.250. The Hall–Kier alpha value is -5.18. The van der Waals surface area contributed by atoms with E-state index in [9.17, 15) is 14.7 Å². The van der Waals surface area contributed by atoms with E-state index in [1.165, 1.54) is 24.9 Å². The lowest BCUT2D eigenvalue weighted by Gasteiger charge is -2.18. The maximum atomic E-state index is 13.5. The molecule has 3 aromatic carbocycles. The summed E-state index contributed by atoms with van der Waals surface area (Å²) >= 11 is 0. The molecule has 0 unspecified atom stereocenters. The number of carboxylic acid groups (broad SMARTS) is 1. The molecule has 2 heterocycles. The number of aliphatic carboxylic acids is 1. The molecule has 0 aliphatic carbocycles. The number of para-hydroxylation sites is 2. The lowest BCUT2D eigenvalue weighted by Crippen LogP contribution is -2.23. The van der Waals surface area contributed by atoms with Gasteiger partial charge in [-0.05, 0) is 55.3 Å². The number of ether oxygens (including phenoxy) is 2. The third-order valence-corrected chi connectivity index (χ3v) is 6.10. The summed E-state index contributed by atoms with van der Waals surface area (Å²) in [6.45, 7) is 5.22. The van der Waals surface area contributed by atoms with Crippen LogP contribution in [0, 0.1) is 0 Å². The van der Waals surface area contributed by atoms with Gasteiger partial charge < -0.3 is 19.0 Å². The number of benzene rings is 3. The number of methoxy groups -OCH3 is 1. The van der Waals surface area contributed by atoms with Crippen LogP contribution in [0.15, 0.2) is 93.7 Å². The average molecular weight is 524 g/mol. The molecule has 0 amide bonds. The summed E-state index contributed by atoms with van der Waals surface area (Å²) < 4.78 is 18.4. The third kappa shape index (κ3) is 5.02. The Labute approximate surface area is 223 Å². The van der Waals surface area contributed by atoms with Crippen LogP contribution in [0.25, 0.3) is 33.5 Å².